The van der Waals surface area contributed by atoms with Crippen LogP contribution in [-0.2, 0) is 34.3 Å². The van der Waals surface area contributed by atoms with Crippen molar-refractivity contribution in [1.82, 2.24) is 9.80 Å². The number of rotatable bonds is 10. The van der Waals surface area contributed by atoms with E-state index in [4.69, 9.17) is 28.9 Å². The number of hydrogen-bond acceptors (Lipinski definition) is 3. The number of nitrogens with zero attached hydrogens (tertiary/aromatic N) is 2. The van der Waals surface area contributed by atoms with E-state index in [2.05, 4.69) is 47.9 Å². The van der Waals surface area contributed by atoms with E-state index in [-0.39, 0.29) is 35.1 Å². The summed E-state index contributed by atoms with van der Waals surface area (Å²) in [5.41, 5.74) is 9.89. The van der Waals surface area contributed by atoms with Crippen LogP contribution in [0.2, 0.25) is 10.0 Å². The van der Waals surface area contributed by atoms with Crippen LogP contribution >= 0.6 is 35.6 Å². The zero-order valence-corrected chi connectivity index (χ0v) is 28.5. The molecule has 4 N–H and O–H groups in total. The average Bonchev–Trinajstić information content (AvgIpc) is 2.97. The van der Waals surface area contributed by atoms with Gasteiger partial charge in [-0.25, -0.2) is 0 Å². The van der Waals surface area contributed by atoms with Gasteiger partial charge in [0.2, 0.25) is 11.8 Å². The molecule has 43 heavy (non-hydrogen) atoms. The Bertz CT molecular complexity index is 1220. The van der Waals surface area contributed by atoms with E-state index in [9.17, 15) is 9.59 Å². The second kappa shape index (κ2) is 15.9. The van der Waals surface area contributed by atoms with Crippen LogP contribution in [-0.4, -0.2) is 59.8 Å². The first-order valence-electron chi connectivity index (χ1n) is 15.3. The summed E-state index contributed by atoms with van der Waals surface area (Å²) >= 11 is 12.8. The lowest BCUT2D eigenvalue weighted by Crippen LogP contribution is -2.51. The molecule has 6 nitrogen and oxygen atoms in total. The van der Waals surface area contributed by atoms with Gasteiger partial charge in [-0.1, -0.05) is 75.2 Å². The number of primary amides is 1. The van der Waals surface area contributed by atoms with Crippen molar-refractivity contribution in [3.8, 4) is 0 Å². The van der Waals surface area contributed by atoms with Crippen molar-refractivity contribution < 1.29 is 15.1 Å². The van der Waals surface area contributed by atoms with Gasteiger partial charge in [-0.05, 0) is 105 Å². The summed E-state index contributed by atoms with van der Waals surface area (Å²) in [4.78, 5) is 30.3. The summed E-state index contributed by atoms with van der Waals surface area (Å²) in [6.45, 7) is 12.6. The maximum atomic E-state index is 13.7. The highest BCUT2D eigenvalue weighted by Gasteiger charge is 2.41. The van der Waals surface area contributed by atoms with Crippen molar-refractivity contribution in [1.29, 1.82) is 0 Å². The molecular weight excluding hydrogens is 605 g/mol. The molecule has 2 saturated heterocycles. The van der Waals surface area contributed by atoms with Crippen molar-refractivity contribution in [2.75, 3.05) is 32.7 Å². The normalized spacial score (nSPS) is 19.8. The molecule has 0 aromatic heterocycles. The lowest BCUT2D eigenvalue weighted by atomic mass is 9.71. The van der Waals surface area contributed by atoms with Crippen LogP contribution in [0.25, 0.3) is 0 Å². The molecule has 9 heteroatoms. The van der Waals surface area contributed by atoms with E-state index in [1.807, 2.05) is 26.0 Å². The SMILES string of the molecule is CCc1cc(CC)cc(CC(=O)N2CCCC(CCN3CCC(C(C)(C)C(N)=O)CC3)(c3ccc(Cl)c(Cl)c3)C2)c1.Cl.O. The molecule has 4 rings (SSSR count). The van der Waals surface area contributed by atoms with Gasteiger partial charge in [-0.15, -0.1) is 12.4 Å². The highest BCUT2D eigenvalue weighted by Crippen LogP contribution is 2.41. The molecular formula is C34H50Cl3N3O3. The second-order valence-electron chi connectivity index (χ2n) is 12.8. The molecule has 2 aromatic rings. The van der Waals surface area contributed by atoms with Gasteiger partial charge in [0.05, 0.1) is 16.5 Å². The molecule has 2 fully saturated rings. The van der Waals surface area contributed by atoms with E-state index in [0.29, 0.717) is 28.9 Å². The maximum Gasteiger partial charge on any atom is 0.227 e. The number of halogens is 3. The summed E-state index contributed by atoms with van der Waals surface area (Å²) in [5.74, 6) is 0.287. The molecule has 2 aliphatic heterocycles. The molecule has 0 spiro atoms. The van der Waals surface area contributed by atoms with Gasteiger partial charge < -0.3 is 21.0 Å². The van der Waals surface area contributed by atoms with Crippen LogP contribution in [0.4, 0.5) is 0 Å². The van der Waals surface area contributed by atoms with Gasteiger partial charge in [0.1, 0.15) is 0 Å². The molecule has 2 amide bonds. The summed E-state index contributed by atoms with van der Waals surface area (Å²) in [6, 6.07) is 12.6. The third kappa shape index (κ3) is 8.88. The molecule has 240 valence electrons. The number of hydrogen-bond donors (Lipinski definition) is 1. The Kier molecular flexibility index (Phi) is 13.9. The number of amides is 2. The molecule has 0 radical (unpaired) electrons. The smallest absolute Gasteiger partial charge is 0.227 e. The largest absolute Gasteiger partial charge is 0.412 e. The van der Waals surface area contributed by atoms with E-state index >= 15 is 0 Å². The number of carbonyl (C=O) groups is 2. The minimum absolute atomic E-state index is 0. The predicted molar refractivity (Wildman–Crippen MR) is 180 cm³/mol. The van der Waals surface area contributed by atoms with E-state index in [1.165, 1.54) is 11.1 Å². The number of benzene rings is 2. The van der Waals surface area contributed by atoms with Crippen LogP contribution in [0.5, 0.6) is 0 Å². The van der Waals surface area contributed by atoms with Gasteiger partial charge in [0.25, 0.3) is 0 Å². The monoisotopic (exact) mass is 653 g/mol. The molecule has 0 aliphatic carbocycles. The first-order chi connectivity index (χ1) is 19.5. The fourth-order valence-corrected chi connectivity index (χ4v) is 7.14. The fraction of sp³-hybridized carbons (Fsp3) is 0.588. The third-order valence-corrected chi connectivity index (χ3v) is 10.6. The van der Waals surface area contributed by atoms with Crippen LogP contribution in [0.1, 0.15) is 82.1 Å². The highest BCUT2D eigenvalue weighted by molar-refractivity contribution is 6.42. The van der Waals surface area contributed by atoms with E-state index in [1.54, 1.807) is 0 Å². The Labute approximate surface area is 274 Å². The molecule has 0 saturated carbocycles. The number of nitrogens with two attached hydrogens (primary N) is 1. The Morgan fingerprint density at radius 3 is 2.12 bits per heavy atom. The van der Waals surface area contributed by atoms with Gasteiger partial charge >= 0.3 is 0 Å². The van der Waals surface area contributed by atoms with Crippen LogP contribution in [0.3, 0.4) is 0 Å². The van der Waals surface area contributed by atoms with Gasteiger partial charge in [0.15, 0.2) is 0 Å². The molecule has 2 heterocycles. The number of aryl methyl sites for hydroxylation is 2. The minimum Gasteiger partial charge on any atom is -0.412 e. The zero-order chi connectivity index (χ0) is 29.8. The third-order valence-electron chi connectivity index (χ3n) is 9.90. The van der Waals surface area contributed by atoms with Crippen molar-refractivity contribution in [2.45, 2.75) is 84.5 Å². The molecule has 2 aliphatic rings. The average molecular weight is 655 g/mol. The van der Waals surface area contributed by atoms with Crippen molar-refractivity contribution in [2.24, 2.45) is 17.1 Å². The van der Waals surface area contributed by atoms with Gasteiger partial charge in [-0.3, -0.25) is 9.59 Å². The lowest BCUT2D eigenvalue weighted by Gasteiger charge is -2.45. The number of likely N-dealkylation sites (tertiary alicyclic amines) is 2. The minimum atomic E-state index is -0.480. The maximum absolute atomic E-state index is 13.7. The lowest BCUT2D eigenvalue weighted by molar-refractivity contribution is -0.133. The standard InChI is InChI=1S/C34H47Cl2N3O2.ClH.H2O/c1-5-24-18-25(6-2)20-26(19-24)21-31(40)39-14-7-12-34(23-39,28-8-9-29(35)30(36)22-28)13-17-38-15-10-27(11-16-38)33(3,4)32(37)41;;/h8-9,18-20,22,27H,5-7,10-17,21,23H2,1-4H3,(H2,37,41);1H;1H2. The quantitative estimate of drug-likeness (QED) is 0.320. The second-order valence-corrected chi connectivity index (χ2v) is 13.6. The van der Waals surface area contributed by atoms with E-state index in [0.717, 1.165) is 82.3 Å². The predicted octanol–water partition coefficient (Wildman–Crippen LogP) is 6.43. The summed E-state index contributed by atoms with van der Waals surface area (Å²) in [7, 11) is 0. The molecule has 1 unspecified atom stereocenters. The summed E-state index contributed by atoms with van der Waals surface area (Å²) in [5, 5.41) is 1.11. The zero-order valence-electron chi connectivity index (χ0n) is 26.2. The van der Waals surface area contributed by atoms with Gasteiger partial charge in [-0.2, -0.15) is 0 Å². The Balaban J connectivity index is 0.00000323. The first-order valence-corrected chi connectivity index (χ1v) is 16.1. The summed E-state index contributed by atoms with van der Waals surface area (Å²) < 4.78 is 0. The molecule has 2 aromatic carbocycles. The van der Waals surface area contributed by atoms with Crippen molar-refractivity contribution in [3.05, 3.63) is 68.7 Å². The van der Waals surface area contributed by atoms with E-state index < -0.39 is 5.41 Å². The highest BCUT2D eigenvalue weighted by atomic mass is 35.5. The first kappa shape index (κ1) is 37.4. The van der Waals surface area contributed by atoms with Crippen LogP contribution in [0, 0.1) is 11.3 Å². The number of piperidine rings is 2. The summed E-state index contributed by atoms with van der Waals surface area (Å²) in [6.07, 6.45) is 7.20. The van der Waals surface area contributed by atoms with Gasteiger partial charge in [0, 0.05) is 23.9 Å². The Morgan fingerprint density at radius 2 is 1.56 bits per heavy atom. The topological polar surface area (TPSA) is 98.1 Å². The fourth-order valence-electron chi connectivity index (χ4n) is 6.84. The molecule has 1 atom stereocenters. The van der Waals surface area contributed by atoms with Crippen LogP contribution in [0.15, 0.2) is 36.4 Å². The molecule has 0 bridgehead atoms. The number of carbonyl (C=O) groups excluding carboxylic acids is 2. The van der Waals surface area contributed by atoms with Crippen molar-refractivity contribution in [3.63, 3.8) is 0 Å². The van der Waals surface area contributed by atoms with Crippen LogP contribution < -0.4 is 5.73 Å². The Morgan fingerprint density at radius 1 is 0.953 bits per heavy atom. The van der Waals surface area contributed by atoms with Crippen molar-refractivity contribution >= 4 is 47.4 Å². The Hall–Kier alpha value is -1.83.